The highest BCUT2D eigenvalue weighted by molar-refractivity contribution is 5.46. The van der Waals surface area contributed by atoms with Crippen LogP contribution >= 0.6 is 0 Å². The van der Waals surface area contributed by atoms with Crippen molar-refractivity contribution in [1.82, 2.24) is 5.32 Å². The predicted molar refractivity (Wildman–Crippen MR) is 77.7 cm³/mol. The first-order valence-corrected chi connectivity index (χ1v) is 6.49. The minimum Gasteiger partial charge on any atom is -0.370 e. The van der Waals surface area contributed by atoms with E-state index in [-0.39, 0.29) is 11.6 Å². The molecule has 0 amide bonds. The zero-order valence-electron chi connectivity index (χ0n) is 11.7. The van der Waals surface area contributed by atoms with Crippen molar-refractivity contribution in [2.75, 3.05) is 19.0 Å². The summed E-state index contributed by atoms with van der Waals surface area (Å²) in [5.74, 6) is -0.535. The average molecular weight is 276 g/mol. The van der Waals surface area contributed by atoms with Gasteiger partial charge in [0, 0.05) is 31.4 Å². The second kappa shape index (κ2) is 6.48. The van der Waals surface area contributed by atoms with Crippen LogP contribution in [0.15, 0.2) is 42.5 Å². The molecule has 0 aliphatic carbocycles. The number of benzene rings is 2. The molecular formula is C16H18F2N2. The van der Waals surface area contributed by atoms with Gasteiger partial charge in [-0.15, -0.1) is 0 Å². The molecule has 2 nitrogen and oxygen atoms in total. The highest BCUT2D eigenvalue weighted by atomic mass is 19.1. The first-order valence-electron chi connectivity index (χ1n) is 6.49. The van der Waals surface area contributed by atoms with E-state index in [1.165, 1.54) is 18.2 Å². The maximum Gasteiger partial charge on any atom is 0.128 e. The molecule has 0 aliphatic rings. The Kier molecular flexibility index (Phi) is 4.69. The van der Waals surface area contributed by atoms with E-state index in [0.29, 0.717) is 18.7 Å². The van der Waals surface area contributed by atoms with Gasteiger partial charge >= 0.3 is 0 Å². The smallest absolute Gasteiger partial charge is 0.128 e. The third-order valence-corrected chi connectivity index (χ3v) is 3.15. The van der Waals surface area contributed by atoms with Gasteiger partial charge in [0.15, 0.2) is 0 Å². The van der Waals surface area contributed by atoms with Crippen LogP contribution in [0.4, 0.5) is 14.5 Å². The molecule has 0 saturated carbocycles. The Labute approximate surface area is 118 Å². The van der Waals surface area contributed by atoms with Crippen molar-refractivity contribution < 1.29 is 8.78 Å². The summed E-state index contributed by atoms with van der Waals surface area (Å²) < 4.78 is 27.0. The number of hydrogen-bond acceptors (Lipinski definition) is 2. The van der Waals surface area contributed by atoms with Gasteiger partial charge in [0.25, 0.3) is 0 Å². The molecule has 0 radical (unpaired) electrons. The van der Waals surface area contributed by atoms with Crippen molar-refractivity contribution in [3.8, 4) is 0 Å². The van der Waals surface area contributed by atoms with Gasteiger partial charge in [-0.3, -0.25) is 0 Å². The summed E-state index contributed by atoms with van der Waals surface area (Å²) in [6.45, 7) is 1.09. The molecule has 0 heterocycles. The quantitative estimate of drug-likeness (QED) is 0.901. The van der Waals surface area contributed by atoms with Crippen molar-refractivity contribution in [1.29, 1.82) is 0 Å². The molecule has 0 saturated heterocycles. The van der Waals surface area contributed by atoms with Gasteiger partial charge in [0.1, 0.15) is 11.6 Å². The van der Waals surface area contributed by atoms with E-state index < -0.39 is 0 Å². The lowest BCUT2D eigenvalue weighted by molar-refractivity contribution is 0.605. The highest BCUT2D eigenvalue weighted by Gasteiger charge is 2.08. The van der Waals surface area contributed by atoms with E-state index >= 15 is 0 Å². The third-order valence-electron chi connectivity index (χ3n) is 3.15. The summed E-state index contributed by atoms with van der Waals surface area (Å²) >= 11 is 0. The van der Waals surface area contributed by atoms with Crippen LogP contribution in [-0.2, 0) is 13.1 Å². The van der Waals surface area contributed by atoms with Crippen LogP contribution in [0.1, 0.15) is 11.1 Å². The summed E-state index contributed by atoms with van der Waals surface area (Å²) in [6, 6.07) is 11.4. The fourth-order valence-corrected chi connectivity index (χ4v) is 2.12. The zero-order chi connectivity index (χ0) is 14.5. The maximum atomic E-state index is 13.8. The number of rotatable bonds is 5. The fraction of sp³-hybridized carbons (Fsp3) is 0.250. The molecule has 1 N–H and O–H groups in total. The normalized spacial score (nSPS) is 10.6. The highest BCUT2D eigenvalue weighted by Crippen LogP contribution is 2.19. The van der Waals surface area contributed by atoms with Gasteiger partial charge in [0.2, 0.25) is 0 Å². The number of anilines is 1. The van der Waals surface area contributed by atoms with Crippen molar-refractivity contribution in [3.05, 3.63) is 65.2 Å². The van der Waals surface area contributed by atoms with Crippen molar-refractivity contribution in [3.63, 3.8) is 0 Å². The minimum atomic E-state index is -0.293. The Morgan fingerprint density at radius 1 is 1.10 bits per heavy atom. The summed E-state index contributed by atoms with van der Waals surface area (Å²) in [5.41, 5.74) is 2.35. The lowest BCUT2D eigenvalue weighted by Gasteiger charge is -2.20. The molecule has 2 aromatic carbocycles. The molecule has 0 aliphatic heterocycles. The largest absolute Gasteiger partial charge is 0.370 e. The van der Waals surface area contributed by atoms with E-state index in [1.807, 2.05) is 25.1 Å². The number of nitrogens with one attached hydrogen (secondary N) is 1. The van der Waals surface area contributed by atoms with E-state index in [4.69, 9.17) is 0 Å². The summed E-state index contributed by atoms with van der Waals surface area (Å²) in [4.78, 5) is 1.82. The van der Waals surface area contributed by atoms with Gasteiger partial charge in [-0.1, -0.05) is 12.1 Å². The molecule has 106 valence electrons. The van der Waals surface area contributed by atoms with E-state index in [9.17, 15) is 8.78 Å². The first-order chi connectivity index (χ1) is 9.60. The first kappa shape index (κ1) is 14.5. The van der Waals surface area contributed by atoms with Crippen LogP contribution in [0.5, 0.6) is 0 Å². The average Bonchev–Trinajstić information content (AvgIpc) is 2.43. The fourth-order valence-electron chi connectivity index (χ4n) is 2.12. The maximum absolute atomic E-state index is 13.8. The SMILES string of the molecule is CNCc1ccc(F)c(CN(C)c2cccc(F)c2)c1. The van der Waals surface area contributed by atoms with Crippen molar-refractivity contribution in [2.24, 2.45) is 0 Å². The van der Waals surface area contributed by atoms with Crippen molar-refractivity contribution in [2.45, 2.75) is 13.1 Å². The van der Waals surface area contributed by atoms with Gasteiger partial charge < -0.3 is 10.2 Å². The van der Waals surface area contributed by atoms with E-state index in [1.54, 1.807) is 18.2 Å². The Hall–Kier alpha value is -1.94. The molecule has 0 atom stereocenters. The summed E-state index contributed by atoms with van der Waals surface area (Å²) in [5, 5.41) is 3.04. The lowest BCUT2D eigenvalue weighted by Crippen LogP contribution is -2.18. The molecule has 0 spiro atoms. The molecule has 0 fully saturated rings. The minimum absolute atomic E-state index is 0.242. The van der Waals surface area contributed by atoms with Crippen molar-refractivity contribution >= 4 is 5.69 Å². The summed E-state index contributed by atoms with van der Waals surface area (Å²) in [7, 11) is 3.67. The topological polar surface area (TPSA) is 15.3 Å². The Balaban J connectivity index is 2.18. The second-order valence-electron chi connectivity index (χ2n) is 4.79. The third kappa shape index (κ3) is 3.54. The van der Waals surface area contributed by atoms with E-state index in [0.717, 1.165) is 11.3 Å². The van der Waals surface area contributed by atoms with Crippen LogP contribution in [-0.4, -0.2) is 14.1 Å². The molecule has 20 heavy (non-hydrogen) atoms. The molecular weight excluding hydrogens is 258 g/mol. The lowest BCUT2D eigenvalue weighted by atomic mass is 10.1. The standard InChI is InChI=1S/C16H18F2N2/c1-19-10-12-6-7-16(18)13(8-12)11-20(2)15-5-3-4-14(17)9-15/h3-9,19H,10-11H2,1-2H3. The summed E-state index contributed by atoms with van der Waals surface area (Å²) in [6.07, 6.45) is 0. The van der Waals surface area contributed by atoms with Crippen LogP contribution in [0.3, 0.4) is 0 Å². The second-order valence-corrected chi connectivity index (χ2v) is 4.79. The van der Waals surface area contributed by atoms with Crippen LogP contribution < -0.4 is 10.2 Å². The van der Waals surface area contributed by atoms with Gasteiger partial charge in [-0.05, 0) is 42.9 Å². The Bertz CT molecular complexity index is 584. The monoisotopic (exact) mass is 276 g/mol. The van der Waals surface area contributed by atoms with Gasteiger partial charge in [0.05, 0.1) is 0 Å². The molecule has 0 bridgehead atoms. The van der Waals surface area contributed by atoms with E-state index in [2.05, 4.69) is 5.32 Å². The predicted octanol–water partition coefficient (Wildman–Crippen LogP) is 3.32. The van der Waals surface area contributed by atoms with Crippen LogP contribution in [0.2, 0.25) is 0 Å². The van der Waals surface area contributed by atoms with Crippen LogP contribution in [0.25, 0.3) is 0 Å². The van der Waals surface area contributed by atoms with Gasteiger partial charge in [-0.25, -0.2) is 8.78 Å². The Morgan fingerprint density at radius 3 is 2.60 bits per heavy atom. The molecule has 0 unspecified atom stereocenters. The molecule has 4 heteroatoms. The molecule has 2 rings (SSSR count). The van der Waals surface area contributed by atoms with Crippen LogP contribution in [0, 0.1) is 11.6 Å². The van der Waals surface area contributed by atoms with Gasteiger partial charge in [-0.2, -0.15) is 0 Å². The number of nitrogens with zero attached hydrogens (tertiary/aromatic N) is 1. The number of hydrogen-bond donors (Lipinski definition) is 1. The molecule has 0 aromatic heterocycles. The zero-order valence-corrected chi connectivity index (χ0v) is 11.7. The Morgan fingerprint density at radius 2 is 1.90 bits per heavy atom. The molecule has 2 aromatic rings. The number of halogens is 2.